The van der Waals surface area contributed by atoms with Crippen molar-refractivity contribution in [3.63, 3.8) is 0 Å². The Bertz CT molecular complexity index is 123. The van der Waals surface area contributed by atoms with Crippen LogP contribution in [0.2, 0.25) is 0 Å². The maximum Gasteiger partial charge on any atom is 0.123 e. The second kappa shape index (κ2) is 7.85. The summed E-state index contributed by atoms with van der Waals surface area (Å²) in [4.78, 5) is 0. The molecule has 0 nitrogen and oxygen atoms in total. The Labute approximate surface area is 143 Å². The Balaban J connectivity index is 3.97. The van der Waals surface area contributed by atoms with Crippen molar-refractivity contribution in [1.82, 2.24) is 0 Å². The summed E-state index contributed by atoms with van der Waals surface area (Å²) in [6.45, 7) is 2.25. The van der Waals surface area contributed by atoms with Gasteiger partial charge in [0.1, 0.15) is 3.36 Å². The summed E-state index contributed by atoms with van der Waals surface area (Å²) < 4.78 is 2.54. The molecular weight excluding hydrogens is 719 g/mol. The summed E-state index contributed by atoms with van der Waals surface area (Å²) in [6.07, 6.45) is 3.99. The lowest BCUT2D eigenvalue weighted by Crippen LogP contribution is -2.26. The highest BCUT2D eigenvalue weighted by molar-refractivity contribution is 14.2. The van der Waals surface area contributed by atoms with Gasteiger partial charge >= 0.3 is 0 Å². The summed E-state index contributed by atoms with van der Waals surface area (Å²) in [6, 6.07) is 0. The summed E-state index contributed by atoms with van der Waals surface area (Å²) in [5.74, 6) is 0. The molecule has 0 N–H and O–H groups in total. The van der Waals surface area contributed by atoms with E-state index in [4.69, 9.17) is 0 Å². The zero-order valence-corrected chi connectivity index (χ0v) is 17.4. The molecule has 0 saturated carbocycles. The molecule has 12 heavy (non-hydrogen) atoms. The van der Waals surface area contributed by atoms with Crippen LogP contribution in [0.4, 0.5) is 0 Å². The van der Waals surface area contributed by atoms with E-state index in [-0.39, 0.29) is 0 Å². The summed E-state index contributed by atoms with van der Waals surface area (Å²) in [5.41, 5.74) is 0. The Morgan fingerprint density at radius 1 is 1.33 bits per heavy atom. The van der Waals surface area contributed by atoms with Gasteiger partial charge in [0.15, 0.2) is 0 Å². The number of hydrogen-bond donors (Lipinski definition) is 0. The molecule has 0 heterocycles. The molecule has 0 aromatic rings. The van der Waals surface area contributed by atoms with Crippen molar-refractivity contribution in [1.29, 1.82) is 0 Å². The Morgan fingerprint density at radius 2 is 1.83 bits per heavy atom. The van der Waals surface area contributed by atoms with Gasteiger partial charge in [-0.25, -0.2) is 0 Å². The van der Waals surface area contributed by atoms with Gasteiger partial charge in [-0.05, 0) is 6.42 Å². The van der Waals surface area contributed by atoms with Crippen LogP contribution in [-0.4, -0.2) is 5.35 Å². The van der Waals surface area contributed by atoms with Crippen molar-refractivity contribution >= 4 is 113 Å². The van der Waals surface area contributed by atoms with Gasteiger partial charge in [-0.2, -0.15) is 0 Å². The highest BCUT2D eigenvalue weighted by atomic mass is 127. The number of rotatable bonds is 5. The SMILES string of the molecule is CCCCC(I)C(I)(I)[C](I)I. The second-order valence-corrected chi connectivity index (χ2v) is 13.7. The molecule has 0 bridgehead atoms. The van der Waals surface area contributed by atoms with E-state index in [1.165, 1.54) is 21.2 Å². The molecule has 0 saturated heterocycles. The molecule has 0 fully saturated rings. The fraction of sp³-hybridized carbons (Fsp3) is 0.857. The van der Waals surface area contributed by atoms with Gasteiger partial charge in [-0.15, -0.1) is 0 Å². The molecule has 0 aliphatic heterocycles. The van der Waals surface area contributed by atoms with Crippen molar-refractivity contribution in [3.05, 3.63) is 1.93 Å². The van der Waals surface area contributed by atoms with E-state index in [1.807, 2.05) is 0 Å². The molecule has 0 amide bonds. The number of hydrogen-bond acceptors (Lipinski definition) is 0. The number of unbranched alkanes of at least 4 members (excludes halogenated alkanes) is 1. The van der Waals surface area contributed by atoms with Crippen LogP contribution in [0.15, 0.2) is 0 Å². The van der Waals surface area contributed by atoms with Crippen LogP contribution in [0.25, 0.3) is 0 Å². The van der Waals surface area contributed by atoms with Gasteiger partial charge in [-0.1, -0.05) is 133 Å². The lowest BCUT2D eigenvalue weighted by Gasteiger charge is -2.27. The molecule has 1 radical (unpaired) electrons. The molecule has 0 rings (SSSR count). The van der Waals surface area contributed by atoms with E-state index in [0.29, 0.717) is 1.43 Å². The maximum absolute atomic E-state index is 2.58. The normalized spacial score (nSPS) is 15.2. The second-order valence-electron chi connectivity index (χ2n) is 2.49. The van der Waals surface area contributed by atoms with Gasteiger partial charge in [0, 0.05) is 3.92 Å². The monoisotopic (exact) mass is 729 g/mol. The first-order valence-corrected chi connectivity index (χ1v) is 9.19. The summed E-state index contributed by atoms with van der Waals surface area (Å²) in [5, 5.41) is 0. The standard InChI is InChI=1S/C7H10I5/c1-2-3-4-5(8)7(11,12)6(9)10/h5H,2-4H2,1H3. The first-order chi connectivity index (χ1) is 5.42. The van der Waals surface area contributed by atoms with Crippen LogP contribution in [-0.2, 0) is 0 Å². The van der Waals surface area contributed by atoms with Gasteiger partial charge in [0.25, 0.3) is 0 Å². The van der Waals surface area contributed by atoms with E-state index in [2.05, 4.69) is 120 Å². The lowest BCUT2D eigenvalue weighted by atomic mass is 10.2. The average molecular weight is 729 g/mol. The third-order valence-corrected chi connectivity index (χ3v) is 13.8. The van der Waals surface area contributed by atoms with Crippen molar-refractivity contribution in [2.45, 2.75) is 31.5 Å². The Morgan fingerprint density at radius 3 is 2.17 bits per heavy atom. The molecule has 0 aliphatic carbocycles. The average Bonchev–Trinajstić information content (AvgIpc) is 1.99. The third kappa shape index (κ3) is 5.66. The van der Waals surface area contributed by atoms with Crippen molar-refractivity contribution in [2.24, 2.45) is 0 Å². The molecule has 0 aliphatic rings. The topological polar surface area (TPSA) is 0 Å². The third-order valence-electron chi connectivity index (χ3n) is 1.46. The number of alkyl halides is 3. The molecule has 1 unspecified atom stereocenters. The molecule has 0 aromatic carbocycles. The first kappa shape index (κ1) is 15.7. The zero-order valence-electron chi connectivity index (χ0n) is 6.59. The number of halogens is 5. The minimum Gasteiger partial charge on any atom is -0.0802 e. The minimum absolute atomic E-state index is 0.326. The molecule has 5 heteroatoms. The molecule has 0 spiro atoms. The first-order valence-electron chi connectivity index (χ1n) is 3.63. The quantitative estimate of drug-likeness (QED) is 0.244. The van der Waals surface area contributed by atoms with E-state index >= 15 is 0 Å². The van der Waals surface area contributed by atoms with Crippen LogP contribution in [0, 0.1) is 1.93 Å². The molecular formula is C7H10I5. The van der Waals surface area contributed by atoms with Crippen LogP contribution in [0.1, 0.15) is 26.2 Å². The zero-order chi connectivity index (χ0) is 9.78. The molecule has 0 aromatic heterocycles. The largest absolute Gasteiger partial charge is 0.123 e. The fourth-order valence-electron chi connectivity index (χ4n) is 0.683. The van der Waals surface area contributed by atoms with E-state index in [0.717, 1.165) is 3.92 Å². The van der Waals surface area contributed by atoms with Crippen molar-refractivity contribution < 1.29 is 0 Å². The van der Waals surface area contributed by atoms with Gasteiger partial charge in [0.2, 0.25) is 0 Å². The van der Waals surface area contributed by atoms with Crippen LogP contribution < -0.4 is 0 Å². The van der Waals surface area contributed by atoms with Crippen LogP contribution >= 0.6 is 113 Å². The van der Waals surface area contributed by atoms with Gasteiger partial charge < -0.3 is 0 Å². The highest BCUT2D eigenvalue weighted by Gasteiger charge is 2.37. The van der Waals surface area contributed by atoms with E-state index in [1.54, 1.807) is 0 Å². The van der Waals surface area contributed by atoms with Gasteiger partial charge in [0.05, 0.1) is 0 Å². The fourth-order valence-corrected chi connectivity index (χ4v) is 4.00. The minimum atomic E-state index is 0.326. The summed E-state index contributed by atoms with van der Waals surface area (Å²) in [7, 11) is 0. The van der Waals surface area contributed by atoms with Crippen LogP contribution in [0.5, 0.6) is 0 Å². The van der Waals surface area contributed by atoms with Crippen LogP contribution in [0.3, 0.4) is 0 Å². The predicted molar refractivity (Wildman–Crippen MR) is 99.4 cm³/mol. The molecule has 73 valence electrons. The highest BCUT2D eigenvalue weighted by Crippen LogP contribution is 2.51. The van der Waals surface area contributed by atoms with Crippen molar-refractivity contribution in [2.75, 3.05) is 0 Å². The van der Waals surface area contributed by atoms with Gasteiger partial charge in [-0.3, -0.25) is 0 Å². The van der Waals surface area contributed by atoms with E-state index < -0.39 is 0 Å². The lowest BCUT2D eigenvalue weighted by molar-refractivity contribution is 0.706. The smallest absolute Gasteiger partial charge is 0.0802 e. The Hall–Kier alpha value is 3.65. The summed E-state index contributed by atoms with van der Waals surface area (Å²) >= 11 is 12.6. The van der Waals surface area contributed by atoms with E-state index in [9.17, 15) is 0 Å². The maximum atomic E-state index is 2.58. The predicted octanol–water partition coefficient (Wildman–Crippen LogP) is 5.91. The Kier molecular flexibility index (Phi) is 10.2. The van der Waals surface area contributed by atoms with Crippen molar-refractivity contribution in [3.8, 4) is 0 Å². The molecule has 1 atom stereocenters.